The molecular formula is C47H45N3. The van der Waals surface area contributed by atoms with Crippen LogP contribution in [-0.2, 0) is 0 Å². The maximum absolute atomic E-state index is 5.74. The van der Waals surface area contributed by atoms with Gasteiger partial charge in [0, 0.05) is 46.1 Å². The fourth-order valence-electron chi connectivity index (χ4n) is 10.3. The highest BCUT2D eigenvalue weighted by Crippen LogP contribution is 2.53. The van der Waals surface area contributed by atoms with Crippen LogP contribution in [0, 0.1) is 17.8 Å². The van der Waals surface area contributed by atoms with Gasteiger partial charge in [0.15, 0.2) is 0 Å². The SMILES string of the molecule is C1=CCCC(C2CC(C3=CCCC=C3)=NC(N3C4C=CC=CC4C4C(c5cccc6c5c5ccccc5n6-c5ccccc5)=CCCC43)C2)=C1. The fourth-order valence-corrected chi connectivity index (χ4v) is 10.3. The lowest BCUT2D eigenvalue weighted by molar-refractivity contribution is 0.116. The fraction of sp³-hybridized carbons (Fsp3) is 0.298. The van der Waals surface area contributed by atoms with Crippen molar-refractivity contribution in [3.8, 4) is 5.69 Å². The molecule has 1 fully saturated rings. The van der Waals surface area contributed by atoms with Crippen LogP contribution < -0.4 is 0 Å². The third-order valence-electron chi connectivity index (χ3n) is 12.4. The van der Waals surface area contributed by atoms with E-state index in [1.165, 1.54) is 62.8 Å². The molecule has 3 heteroatoms. The number of aromatic nitrogens is 1. The van der Waals surface area contributed by atoms with Gasteiger partial charge >= 0.3 is 0 Å². The number of rotatable bonds is 5. The largest absolute Gasteiger partial charge is 0.309 e. The van der Waals surface area contributed by atoms with Crippen LogP contribution in [0.3, 0.4) is 0 Å². The normalized spacial score (nSPS) is 29.0. The molecule has 0 saturated carbocycles. The van der Waals surface area contributed by atoms with Gasteiger partial charge in [0.1, 0.15) is 6.17 Å². The van der Waals surface area contributed by atoms with Gasteiger partial charge in [-0.05, 0) is 98.3 Å². The van der Waals surface area contributed by atoms with Crippen LogP contribution in [0.25, 0.3) is 33.1 Å². The molecule has 1 saturated heterocycles. The van der Waals surface area contributed by atoms with Crippen molar-refractivity contribution >= 4 is 33.1 Å². The van der Waals surface area contributed by atoms with E-state index in [-0.39, 0.29) is 6.17 Å². The van der Waals surface area contributed by atoms with Crippen LogP contribution in [0.1, 0.15) is 56.9 Å². The molecule has 2 aliphatic heterocycles. The molecule has 248 valence electrons. The van der Waals surface area contributed by atoms with Crippen molar-refractivity contribution in [2.45, 2.75) is 69.6 Å². The second kappa shape index (κ2) is 12.5. The van der Waals surface area contributed by atoms with E-state index < -0.39 is 0 Å². The molecule has 6 unspecified atom stereocenters. The average molecular weight is 652 g/mol. The second-order valence-corrected chi connectivity index (χ2v) is 15.0. The van der Waals surface area contributed by atoms with E-state index in [0.29, 0.717) is 29.8 Å². The summed E-state index contributed by atoms with van der Waals surface area (Å²) in [6, 6.07) is 27.7. The molecule has 3 aromatic carbocycles. The summed E-state index contributed by atoms with van der Waals surface area (Å²) in [5, 5.41) is 2.72. The Kier molecular flexibility index (Phi) is 7.56. The minimum atomic E-state index is 0.181. The Hall–Kier alpha value is -4.73. The quantitative estimate of drug-likeness (QED) is 0.210. The predicted octanol–water partition coefficient (Wildman–Crippen LogP) is 11.1. The van der Waals surface area contributed by atoms with E-state index in [1.807, 2.05) is 0 Å². The Morgan fingerprint density at radius 2 is 1.62 bits per heavy atom. The van der Waals surface area contributed by atoms with Gasteiger partial charge < -0.3 is 4.57 Å². The molecule has 0 bridgehead atoms. The molecule has 6 aliphatic rings. The highest BCUT2D eigenvalue weighted by Gasteiger charge is 2.52. The number of hydrogen-bond acceptors (Lipinski definition) is 2. The Morgan fingerprint density at radius 1 is 0.740 bits per heavy atom. The number of benzene rings is 3. The molecule has 3 nitrogen and oxygen atoms in total. The first-order chi connectivity index (χ1) is 24.8. The molecule has 0 spiro atoms. The minimum absolute atomic E-state index is 0.181. The van der Waals surface area contributed by atoms with Gasteiger partial charge in [-0.25, -0.2) is 0 Å². The van der Waals surface area contributed by atoms with E-state index >= 15 is 0 Å². The molecule has 4 aliphatic carbocycles. The van der Waals surface area contributed by atoms with Gasteiger partial charge in [0.2, 0.25) is 0 Å². The summed E-state index contributed by atoms with van der Waals surface area (Å²) in [7, 11) is 0. The van der Waals surface area contributed by atoms with E-state index in [4.69, 9.17) is 4.99 Å². The van der Waals surface area contributed by atoms with E-state index in [2.05, 4.69) is 149 Å². The number of fused-ring (bicyclic) bond motifs is 6. The summed E-state index contributed by atoms with van der Waals surface area (Å²) in [6.45, 7) is 0. The van der Waals surface area contributed by atoms with Gasteiger partial charge in [0.05, 0.1) is 11.0 Å². The third kappa shape index (κ3) is 4.93. The van der Waals surface area contributed by atoms with Gasteiger partial charge in [-0.15, -0.1) is 0 Å². The molecule has 0 amide bonds. The number of likely N-dealkylation sites (tertiary alicyclic amines) is 1. The number of aliphatic imine (C=N–C) groups is 1. The number of nitrogens with zero attached hydrogens (tertiary/aromatic N) is 3. The second-order valence-electron chi connectivity index (χ2n) is 15.0. The number of hydrogen-bond donors (Lipinski definition) is 0. The highest BCUT2D eigenvalue weighted by atomic mass is 15.3. The molecule has 1 aromatic heterocycles. The van der Waals surface area contributed by atoms with Crippen molar-refractivity contribution in [2.24, 2.45) is 22.7 Å². The molecular weight excluding hydrogens is 607 g/mol. The first-order valence-corrected chi connectivity index (χ1v) is 19.0. The van der Waals surface area contributed by atoms with Crippen LogP contribution in [-0.4, -0.2) is 33.4 Å². The summed E-state index contributed by atoms with van der Waals surface area (Å²) >= 11 is 0. The van der Waals surface area contributed by atoms with Crippen LogP contribution in [0.4, 0.5) is 0 Å². The van der Waals surface area contributed by atoms with Crippen LogP contribution >= 0.6 is 0 Å². The van der Waals surface area contributed by atoms with E-state index in [1.54, 1.807) is 5.57 Å². The lowest BCUT2D eigenvalue weighted by Crippen LogP contribution is -2.47. The molecule has 4 aromatic rings. The van der Waals surface area contributed by atoms with Crippen LogP contribution in [0.5, 0.6) is 0 Å². The highest BCUT2D eigenvalue weighted by molar-refractivity contribution is 6.14. The topological polar surface area (TPSA) is 20.5 Å². The van der Waals surface area contributed by atoms with E-state index in [0.717, 1.165) is 38.5 Å². The van der Waals surface area contributed by atoms with Crippen LogP contribution in [0.15, 0.2) is 156 Å². The maximum Gasteiger partial charge on any atom is 0.104 e. The van der Waals surface area contributed by atoms with Gasteiger partial charge in [0.25, 0.3) is 0 Å². The van der Waals surface area contributed by atoms with E-state index in [9.17, 15) is 0 Å². The summed E-state index contributed by atoms with van der Waals surface area (Å²) in [5.41, 5.74) is 11.1. The first kappa shape index (κ1) is 30.1. The van der Waals surface area contributed by atoms with Crippen molar-refractivity contribution in [1.29, 1.82) is 0 Å². The zero-order chi connectivity index (χ0) is 33.0. The summed E-state index contributed by atoms with van der Waals surface area (Å²) < 4.78 is 2.46. The maximum atomic E-state index is 5.74. The van der Waals surface area contributed by atoms with Gasteiger partial charge in [-0.3, -0.25) is 9.89 Å². The average Bonchev–Trinajstić information content (AvgIpc) is 3.72. The van der Waals surface area contributed by atoms with Gasteiger partial charge in [-0.2, -0.15) is 0 Å². The predicted molar refractivity (Wildman–Crippen MR) is 210 cm³/mol. The minimum Gasteiger partial charge on any atom is -0.309 e. The summed E-state index contributed by atoms with van der Waals surface area (Å²) in [4.78, 5) is 8.63. The van der Waals surface area contributed by atoms with Crippen molar-refractivity contribution in [1.82, 2.24) is 9.47 Å². The zero-order valence-electron chi connectivity index (χ0n) is 28.7. The molecule has 0 radical (unpaired) electrons. The lowest BCUT2D eigenvalue weighted by atomic mass is 9.73. The summed E-state index contributed by atoms with van der Waals surface area (Å²) in [6.07, 6.45) is 35.7. The number of para-hydroxylation sites is 2. The van der Waals surface area contributed by atoms with Gasteiger partial charge in [-0.1, -0.05) is 121 Å². The molecule has 10 rings (SSSR count). The Morgan fingerprint density at radius 3 is 2.50 bits per heavy atom. The Bertz CT molecular complexity index is 2220. The number of allylic oxidation sites excluding steroid dienone is 11. The molecule has 6 atom stereocenters. The Labute approximate surface area is 296 Å². The van der Waals surface area contributed by atoms with Crippen molar-refractivity contribution in [3.63, 3.8) is 0 Å². The third-order valence-corrected chi connectivity index (χ3v) is 12.4. The van der Waals surface area contributed by atoms with Crippen LogP contribution in [0.2, 0.25) is 0 Å². The monoisotopic (exact) mass is 651 g/mol. The van der Waals surface area contributed by atoms with Crippen molar-refractivity contribution < 1.29 is 0 Å². The Balaban J connectivity index is 1.09. The molecule has 0 N–H and O–H groups in total. The smallest absolute Gasteiger partial charge is 0.104 e. The lowest BCUT2D eigenvalue weighted by Gasteiger charge is -2.41. The van der Waals surface area contributed by atoms with Crippen molar-refractivity contribution in [2.75, 3.05) is 0 Å². The molecule has 50 heavy (non-hydrogen) atoms. The summed E-state index contributed by atoms with van der Waals surface area (Å²) in [5.74, 6) is 1.40. The molecule has 3 heterocycles. The first-order valence-electron chi connectivity index (χ1n) is 19.0. The zero-order valence-corrected chi connectivity index (χ0v) is 28.7. The van der Waals surface area contributed by atoms with Crippen molar-refractivity contribution in [3.05, 3.63) is 156 Å². The standard InChI is InChI=1S/C47H45N3/c1-4-16-32(17-5-1)34-30-40(33-18-6-2-7-19-33)48-45(31-34)50-42-27-13-11-23-39(42)47-37(25-15-29-44(47)50)36-24-14-28-43-46(36)38-22-10-12-26-41(38)49(43)35-20-8-3-9-21-35/h1,3-4,6,8-14,16,18-28,34,39,42,44-45,47H,2,5,7,15,17,29-31H2.